The minimum Gasteiger partial charge on any atom is -0.393 e. The maximum absolute atomic E-state index is 12.0. The molecule has 0 amide bonds. The molecule has 0 saturated carbocycles. The van der Waals surface area contributed by atoms with E-state index in [0.717, 1.165) is 4.47 Å². The van der Waals surface area contributed by atoms with Gasteiger partial charge in [-0.05, 0) is 36.8 Å². The number of fused-ring (bicyclic) bond motifs is 1. The van der Waals surface area contributed by atoms with Crippen molar-refractivity contribution in [1.82, 2.24) is 0 Å². The van der Waals surface area contributed by atoms with Crippen molar-refractivity contribution < 1.29 is 13.5 Å². The lowest BCUT2D eigenvalue weighted by Gasteiger charge is -2.05. The van der Waals surface area contributed by atoms with Crippen LogP contribution in [0, 0.1) is 0 Å². The van der Waals surface area contributed by atoms with Gasteiger partial charge in [0.15, 0.2) is 0 Å². The highest BCUT2D eigenvalue weighted by Gasteiger charge is 2.29. The number of aliphatic hydroxyl groups excluding tert-OH is 1. The van der Waals surface area contributed by atoms with Crippen LogP contribution in [0.3, 0.4) is 0 Å². The fraction of sp³-hybridized carbons (Fsp3) is 0.273. The molecule has 5 heteroatoms. The standard InChI is InChI=1S/C11H11BrO3S/c1-7(13)4-10-6-8-5-9(12)2-3-11(8)16(10,14)15/h2-3,5-7,13H,4H2,1H3. The Morgan fingerprint density at radius 3 is 2.75 bits per heavy atom. The second-order valence-corrected chi connectivity index (χ2v) is 6.74. The third-order valence-electron chi connectivity index (χ3n) is 2.42. The quantitative estimate of drug-likeness (QED) is 0.912. The number of halogens is 1. The first-order valence-electron chi connectivity index (χ1n) is 4.84. The van der Waals surface area contributed by atoms with Gasteiger partial charge in [0.05, 0.1) is 15.9 Å². The van der Waals surface area contributed by atoms with Crippen molar-refractivity contribution in [3.63, 3.8) is 0 Å². The smallest absolute Gasteiger partial charge is 0.203 e. The van der Waals surface area contributed by atoms with Crippen molar-refractivity contribution in [2.75, 3.05) is 0 Å². The summed E-state index contributed by atoms with van der Waals surface area (Å²) in [4.78, 5) is 0.613. The van der Waals surface area contributed by atoms with Gasteiger partial charge in [0, 0.05) is 10.9 Å². The molecule has 16 heavy (non-hydrogen) atoms. The fourth-order valence-electron chi connectivity index (χ4n) is 1.73. The van der Waals surface area contributed by atoms with Gasteiger partial charge >= 0.3 is 0 Å². The summed E-state index contributed by atoms with van der Waals surface area (Å²) < 4.78 is 24.9. The zero-order chi connectivity index (χ0) is 11.9. The predicted molar refractivity (Wildman–Crippen MR) is 65.6 cm³/mol. The molecule has 0 fully saturated rings. The number of rotatable bonds is 2. The highest BCUT2D eigenvalue weighted by atomic mass is 79.9. The first kappa shape index (κ1) is 11.8. The van der Waals surface area contributed by atoms with Crippen LogP contribution in [-0.2, 0) is 9.84 Å². The van der Waals surface area contributed by atoms with E-state index in [1.807, 2.05) is 0 Å². The molecule has 0 aliphatic carbocycles. The average molecular weight is 303 g/mol. The van der Waals surface area contributed by atoms with Crippen molar-refractivity contribution >= 4 is 31.8 Å². The Bertz CT molecular complexity index is 559. The van der Waals surface area contributed by atoms with Gasteiger partial charge in [0.25, 0.3) is 0 Å². The van der Waals surface area contributed by atoms with Crippen LogP contribution in [0.15, 0.2) is 32.5 Å². The van der Waals surface area contributed by atoms with E-state index in [-0.39, 0.29) is 11.3 Å². The summed E-state index contributed by atoms with van der Waals surface area (Å²) in [7, 11) is -3.38. The minimum absolute atomic E-state index is 0.161. The summed E-state index contributed by atoms with van der Waals surface area (Å²) in [5, 5.41) is 9.26. The van der Waals surface area contributed by atoms with Crippen molar-refractivity contribution in [2.24, 2.45) is 0 Å². The number of benzene rings is 1. The highest BCUT2D eigenvalue weighted by molar-refractivity contribution is 9.10. The topological polar surface area (TPSA) is 54.4 Å². The predicted octanol–water partition coefficient (Wildman–Crippen LogP) is 2.35. The first-order valence-corrected chi connectivity index (χ1v) is 7.12. The highest BCUT2D eigenvalue weighted by Crippen LogP contribution is 2.36. The molecule has 3 nitrogen and oxygen atoms in total. The second-order valence-electron chi connectivity index (χ2n) is 3.85. The zero-order valence-electron chi connectivity index (χ0n) is 8.64. The van der Waals surface area contributed by atoms with Crippen LogP contribution in [0.4, 0.5) is 0 Å². The number of hydrogen-bond donors (Lipinski definition) is 1. The third kappa shape index (κ3) is 1.95. The van der Waals surface area contributed by atoms with Gasteiger partial charge in [-0.15, -0.1) is 0 Å². The number of sulfone groups is 1. The summed E-state index contributed by atoms with van der Waals surface area (Å²) in [6, 6.07) is 5.05. The van der Waals surface area contributed by atoms with E-state index in [4.69, 9.17) is 0 Å². The molecule has 1 N–H and O–H groups in total. The van der Waals surface area contributed by atoms with Gasteiger partial charge in [-0.25, -0.2) is 8.42 Å². The van der Waals surface area contributed by atoms with Crippen LogP contribution in [0.2, 0.25) is 0 Å². The Labute approximate surface area is 103 Å². The van der Waals surface area contributed by atoms with Gasteiger partial charge in [0.1, 0.15) is 0 Å². The minimum atomic E-state index is -3.38. The summed E-state index contributed by atoms with van der Waals surface area (Å²) in [5.74, 6) is 0. The SMILES string of the molecule is CC(O)CC1=Cc2cc(Br)ccc2S1(=O)=O. The molecule has 0 radical (unpaired) electrons. The molecular formula is C11H11BrO3S. The fourth-order valence-corrected chi connectivity index (χ4v) is 3.81. The van der Waals surface area contributed by atoms with E-state index in [9.17, 15) is 13.5 Å². The van der Waals surface area contributed by atoms with Gasteiger partial charge < -0.3 is 5.11 Å². The normalized spacial score (nSPS) is 19.1. The second kappa shape index (κ2) is 3.98. The Kier molecular flexibility index (Phi) is 2.94. The van der Waals surface area contributed by atoms with Crippen molar-refractivity contribution in [2.45, 2.75) is 24.3 Å². The van der Waals surface area contributed by atoms with Gasteiger partial charge in [-0.1, -0.05) is 15.9 Å². The molecule has 1 unspecified atom stereocenters. The maximum atomic E-state index is 12.0. The molecule has 1 heterocycles. The van der Waals surface area contributed by atoms with E-state index < -0.39 is 15.9 Å². The van der Waals surface area contributed by atoms with E-state index >= 15 is 0 Å². The molecule has 0 aromatic heterocycles. The molecule has 86 valence electrons. The average Bonchev–Trinajstić information content (AvgIpc) is 2.37. The molecule has 1 aromatic rings. The molecule has 0 bridgehead atoms. The van der Waals surface area contributed by atoms with Gasteiger partial charge in [0.2, 0.25) is 9.84 Å². The van der Waals surface area contributed by atoms with E-state index in [1.165, 1.54) is 0 Å². The number of hydrogen-bond acceptors (Lipinski definition) is 3. The van der Waals surface area contributed by atoms with Gasteiger partial charge in [-0.3, -0.25) is 0 Å². The Hall–Kier alpha value is -0.650. The largest absolute Gasteiger partial charge is 0.393 e. The molecule has 2 rings (SSSR count). The number of aliphatic hydroxyl groups is 1. The van der Waals surface area contributed by atoms with Gasteiger partial charge in [-0.2, -0.15) is 0 Å². The Morgan fingerprint density at radius 2 is 2.12 bits per heavy atom. The van der Waals surface area contributed by atoms with Crippen molar-refractivity contribution in [3.8, 4) is 0 Å². The summed E-state index contributed by atoms with van der Waals surface area (Å²) in [6.07, 6.45) is 1.13. The summed E-state index contributed by atoms with van der Waals surface area (Å²) in [6.45, 7) is 1.58. The van der Waals surface area contributed by atoms with E-state index in [0.29, 0.717) is 10.5 Å². The monoisotopic (exact) mass is 302 g/mol. The molecule has 0 spiro atoms. The van der Waals surface area contributed by atoms with Crippen molar-refractivity contribution in [1.29, 1.82) is 0 Å². The lowest BCUT2D eigenvalue weighted by atomic mass is 10.2. The van der Waals surface area contributed by atoms with Crippen LogP contribution in [0.1, 0.15) is 18.9 Å². The molecule has 0 saturated heterocycles. The third-order valence-corrected chi connectivity index (χ3v) is 4.84. The lowest BCUT2D eigenvalue weighted by Crippen LogP contribution is -2.07. The molecule has 1 atom stereocenters. The van der Waals surface area contributed by atoms with Crippen LogP contribution < -0.4 is 0 Å². The Morgan fingerprint density at radius 1 is 1.44 bits per heavy atom. The van der Waals surface area contributed by atoms with Crippen LogP contribution >= 0.6 is 15.9 Å². The zero-order valence-corrected chi connectivity index (χ0v) is 11.0. The maximum Gasteiger partial charge on any atom is 0.203 e. The summed E-state index contributed by atoms with van der Waals surface area (Å²) in [5.41, 5.74) is 0.685. The molecule has 1 aliphatic heterocycles. The van der Waals surface area contributed by atoms with Crippen LogP contribution in [0.5, 0.6) is 0 Å². The summed E-state index contributed by atoms with van der Waals surface area (Å²) >= 11 is 3.30. The Balaban J connectivity index is 2.52. The first-order chi connectivity index (χ1) is 7.41. The van der Waals surface area contributed by atoms with E-state index in [1.54, 1.807) is 31.2 Å². The molecular weight excluding hydrogens is 292 g/mol. The molecule has 1 aliphatic rings. The van der Waals surface area contributed by atoms with Crippen LogP contribution in [0.25, 0.3) is 6.08 Å². The van der Waals surface area contributed by atoms with Crippen molar-refractivity contribution in [3.05, 3.63) is 33.1 Å². The van der Waals surface area contributed by atoms with E-state index in [2.05, 4.69) is 15.9 Å². The molecule has 1 aromatic carbocycles. The van der Waals surface area contributed by atoms with Crippen LogP contribution in [-0.4, -0.2) is 19.6 Å². The lowest BCUT2D eigenvalue weighted by molar-refractivity contribution is 0.197.